The van der Waals surface area contributed by atoms with Crippen LogP contribution >= 0.6 is 0 Å². The minimum atomic E-state index is -0.459. The normalized spacial score (nSPS) is 24.6. The number of rotatable bonds is 3. The number of benzene rings is 1. The molecule has 1 fully saturated rings. The SMILES string of the molecule is CC1(CNC(=O)c2cc(F)cc3cccnc23)CCCCC1O. The average Bonchev–Trinajstić information content (AvgIpc) is 2.55. The van der Waals surface area contributed by atoms with Gasteiger partial charge >= 0.3 is 0 Å². The molecule has 0 aliphatic heterocycles. The second-order valence-corrected chi connectivity index (χ2v) is 6.63. The molecule has 0 radical (unpaired) electrons. The Hall–Kier alpha value is -2.01. The molecule has 0 saturated heterocycles. The Morgan fingerprint density at radius 1 is 1.48 bits per heavy atom. The quantitative estimate of drug-likeness (QED) is 0.915. The lowest BCUT2D eigenvalue weighted by Crippen LogP contribution is -2.45. The molecule has 1 aromatic carbocycles. The third kappa shape index (κ3) is 3.20. The minimum Gasteiger partial charge on any atom is -0.392 e. The Bertz CT molecular complexity index is 734. The molecule has 1 saturated carbocycles. The van der Waals surface area contributed by atoms with Crippen LogP contribution in [-0.4, -0.2) is 28.6 Å². The highest BCUT2D eigenvalue weighted by Gasteiger charge is 2.35. The predicted molar refractivity (Wildman–Crippen MR) is 86.6 cm³/mol. The molecule has 122 valence electrons. The lowest BCUT2D eigenvalue weighted by molar-refractivity contribution is 0.00191. The molecule has 5 heteroatoms. The van der Waals surface area contributed by atoms with Crippen LogP contribution in [0.25, 0.3) is 10.9 Å². The van der Waals surface area contributed by atoms with Gasteiger partial charge in [0.05, 0.1) is 17.2 Å². The molecule has 1 heterocycles. The van der Waals surface area contributed by atoms with Crippen molar-refractivity contribution >= 4 is 16.8 Å². The first-order valence-electron chi connectivity index (χ1n) is 8.00. The van der Waals surface area contributed by atoms with Crippen LogP contribution in [0.2, 0.25) is 0 Å². The summed E-state index contributed by atoms with van der Waals surface area (Å²) in [5.74, 6) is -0.813. The highest BCUT2D eigenvalue weighted by atomic mass is 19.1. The first-order chi connectivity index (χ1) is 11.0. The fourth-order valence-electron chi connectivity index (χ4n) is 3.29. The van der Waals surface area contributed by atoms with Crippen molar-refractivity contribution in [3.63, 3.8) is 0 Å². The number of halogens is 1. The van der Waals surface area contributed by atoms with Crippen LogP contribution in [0.3, 0.4) is 0 Å². The van der Waals surface area contributed by atoms with Gasteiger partial charge in [-0.3, -0.25) is 9.78 Å². The van der Waals surface area contributed by atoms with E-state index in [2.05, 4.69) is 10.3 Å². The van der Waals surface area contributed by atoms with Gasteiger partial charge < -0.3 is 10.4 Å². The number of nitrogens with one attached hydrogen (secondary N) is 1. The molecule has 4 nitrogen and oxygen atoms in total. The number of hydrogen-bond acceptors (Lipinski definition) is 3. The average molecular weight is 316 g/mol. The van der Waals surface area contributed by atoms with Crippen molar-refractivity contribution in [3.05, 3.63) is 41.8 Å². The number of carbonyl (C=O) groups excluding carboxylic acids is 1. The van der Waals surface area contributed by atoms with E-state index >= 15 is 0 Å². The first-order valence-corrected chi connectivity index (χ1v) is 8.00. The van der Waals surface area contributed by atoms with Crippen LogP contribution in [-0.2, 0) is 0 Å². The summed E-state index contributed by atoms with van der Waals surface area (Å²) in [5.41, 5.74) is 0.389. The predicted octanol–water partition coefficient (Wildman–Crippen LogP) is 3.04. The molecular formula is C18H21FN2O2. The van der Waals surface area contributed by atoms with E-state index in [0.29, 0.717) is 17.4 Å². The number of aliphatic hydroxyl groups excluding tert-OH is 1. The van der Waals surface area contributed by atoms with E-state index in [4.69, 9.17) is 0 Å². The summed E-state index contributed by atoms with van der Waals surface area (Å²) < 4.78 is 13.7. The molecule has 0 spiro atoms. The summed E-state index contributed by atoms with van der Waals surface area (Å²) >= 11 is 0. The summed E-state index contributed by atoms with van der Waals surface area (Å²) in [4.78, 5) is 16.7. The van der Waals surface area contributed by atoms with Crippen molar-refractivity contribution in [2.75, 3.05) is 6.54 Å². The van der Waals surface area contributed by atoms with Crippen molar-refractivity contribution in [1.82, 2.24) is 10.3 Å². The van der Waals surface area contributed by atoms with Gasteiger partial charge in [-0.05, 0) is 31.0 Å². The van der Waals surface area contributed by atoms with E-state index < -0.39 is 11.9 Å². The van der Waals surface area contributed by atoms with Crippen molar-refractivity contribution in [3.8, 4) is 0 Å². The molecule has 3 rings (SSSR count). The molecule has 1 aliphatic carbocycles. The van der Waals surface area contributed by atoms with E-state index in [-0.39, 0.29) is 16.9 Å². The summed E-state index contributed by atoms with van der Waals surface area (Å²) in [6, 6.07) is 6.02. The fourth-order valence-corrected chi connectivity index (χ4v) is 3.29. The van der Waals surface area contributed by atoms with Crippen LogP contribution < -0.4 is 5.32 Å². The molecule has 0 bridgehead atoms. The first kappa shape index (κ1) is 15.9. The van der Waals surface area contributed by atoms with Gasteiger partial charge in [0.1, 0.15) is 5.82 Å². The Kier molecular flexibility index (Phi) is 4.31. The monoisotopic (exact) mass is 316 g/mol. The third-order valence-corrected chi connectivity index (χ3v) is 4.85. The molecule has 2 N–H and O–H groups in total. The zero-order valence-electron chi connectivity index (χ0n) is 13.2. The zero-order chi connectivity index (χ0) is 16.4. The van der Waals surface area contributed by atoms with E-state index in [1.165, 1.54) is 12.1 Å². The van der Waals surface area contributed by atoms with Crippen molar-refractivity contribution in [2.24, 2.45) is 5.41 Å². The maximum absolute atomic E-state index is 13.7. The van der Waals surface area contributed by atoms with E-state index in [0.717, 1.165) is 25.7 Å². The van der Waals surface area contributed by atoms with Gasteiger partial charge in [0.2, 0.25) is 0 Å². The summed E-state index contributed by atoms with van der Waals surface area (Å²) in [6.45, 7) is 2.36. The topological polar surface area (TPSA) is 62.2 Å². The molecule has 1 amide bonds. The number of amides is 1. The van der Waals surface area contributed by atoms with Gasteiger partial charge in [-0.1, -0.05) is 25.8 Å². The van der Waals surface area contributed by atoms with Gasteiger partial charge in [-0.15, -0.1) is 0 Å². The minimum absolute atomic E-state index is 0.231. The Morgan fingerprint density at radius 2 is 2.30 bits per heavy atom. The summed E-state index contributed by atoms with van der Waals surface area (Å²) in [7, 11) is 0. The van der Waals surface area contributed by atoms with Gasteiger partial charge in [0.15, 0.2) is 0 Å². The van der Waals surface area contributed by atoms with Crippen molar-refractivity contribution < 1.29 is 14.3 Å². The maximum atomic E-state index is 13.7. The van der Waals surface area contributed by atoms with E-state index in [9.17, 15) is 14.3 Å². The number of hydrogen-bond donors (Lipinski definition) is 2. The third-order valence-electron chi connectivity index (χ3n) is 4.85. The zero-order valence-corrected chi connectivity index (χ0v) is 13.2. The summed E-state index contributed by atoms with van der Waals surface area (Å²) in [6.07, 6.45) is 4.87. The maximum Gasteiger partial charge on any atom is 0.253 e. The highest BCUT2D eigenvalue weighted by Crippen LogP contribution is 2.35. The number of aromatic nitrogens is 1. The molecule has 2 unspecified atom stereocenters. The smallest absolute Gasteiger partial charge is 0.253 e. The molecule has 1 aromatic heterocycles. The summed E-state index contributed by atoms with van der Waals surface area (Å²) in [5, 5.41) is 13.7. The Morgan fingerprint density at radius 3 is 3.09 bits per heavy atom. The van der Waals surface area contributed by atoms with Gasteiger partial charge in [-0.25, -0.2) is 4.39 Å². The number of fused-ring (bicyclic) bond motifs is 1. The van der Waals surface area contributed by atoms with Gasteiger partial charge in [0, 0.05) is 23.5 Å². The van der Waals surface area contributed by atoms with Crippen LogP contribution in [0.1, 0.15) is 43.0 Å². The molecule has 1 aliphatic rings. The van der Waals surface area contributed by atoms with E-state index in [1.54, 1.807) is 18.3 Å². The van der Waals surface area contributed by atoms with Gasteiger partial charge in [-0.2, -0.15) is 0 Å². The van der Waals surface area contributed by atoms with Crippen LogP contribution in [0.15, 0.2) is 30.5 Å². The molecule has 2 aromatic rings. The van der Waals surface area contributed by atoms with Gasteiger partial charge in [0.25, 0.3) is 5.91 Å². The highest BCUT2D eigenvalue weighted by molar-refractivity contribution is 6.05. The lowest BCUT2D eigenvalue weighted by Gasteiger charge is -2.38. The Labute approximate surface area is 134 Å². The lowest BCUT2D eigenvalue weighted by atomic mass is 9.73. The largest absolute Gasteiger partial charge is 0.392 e. The van der Waals surface area contributed by atoms with Crippen molar-refractivity contribution in [1.29, 1.82) is 0 Å². The molecular weight excluding hydrogens is 295 g/mol. The number of aliphatic hydroxyl groups is 1. The standard InChI is InChI=1S/C18H21FN2O2/c1-18(7-3-2-6-15(18)22)11-21-17(23)14-10-13(19)9-12-5-4-8-20-16(12)14/h4-5,8-10,15,22H,2-3,6-7,11H2,1H3,(H,21,23). The van der Waals surface area contributed by atoms with Crippen LogP contribution in [0.5, 0.6) is 0 Å². The number of pyridine rings is 1. The second-order valence-electron chi connectivity index (χ2n) is 6.63. The van der Waals surface area contributed by atoms with Crippen LogP contribution in [0, 0.1) is 11.2 Å². The van der Waals surface area contributed by atoms with E-state index in [1.807, 2.05) is 6.92 Å². The number of carbonyl (C=O) groups is 1. The molecule has 23 heavy (non-hydrogen) atoms. The fraction of sp³-hybridized carbons (Fsp3) is 0.444. The van der Waals surface area contributed by atoms with Crippen molar-refractivity contribution in [2.45, 2.75) is 38.7 Å². The second kappa shape index (κ2) is 6.24. The Balaban J connectivity index is 1.81. The van der Waals surface area contributed by atoms with Crippen LogP contribution in [0.4, 0.5) is 4.39 Å². The number of nitrogens with zero attached hydrogens (tertiary/aromatic N) is 1. The molecule has 2 atom stereocenters.